The summed E-state index contributed by atoms with van der Waals surface area (Å²) in [5, 5.41) is 0. The Morgan fingerprint density at radius 1 is 1.00 bits per heavy atom. The number of para-hydroxylation sites is 3. The van der Waals surface area contributed by atoms with Gasteiger partial charge in [-0.1, -0.05) is 24.3 Å². The fourth-order valence-electron chi connectivity index (χ4n) is 1.33. The quantitative estimate of drug-likeness (QED) is 0.596. The summed E-state index contributed by atoms with van der Waals surface area (Å²) >= 11 is 0. The lowest BCUT2D eigenvalue weighted by molar-refractivity contribution is 0.443. The Hall–Kier alpha value is -2.45. The van der Waals surface area contributed by atoms with Crippen LogP contribution in [-0.4, -0.2) is 6.08 Å². The summed E-state index contributed by atoms with van der Waals surface area (Å²) in [5.74, 6) is -0.0839. The fraction of sp³-hybridized carbons (Fsp3) is 0. The third kappa shape index (κ3) is 2.56. The highest BCUT2D eigenvalue weighted by atomic mass is 19.1. The molecule has 0 aliphatic carbocycles. The summed E-state index contributed by atoms with van der Waals surface area (Å²) in [7, 11) is 0. The van der Waals surface area contributed by atoms with Crippen LogP contribution in [0, 0.1) is 5.82 Å². The maximum Gasteiger partial charge on any atom is 0.240 e. The first-order valence-corrected chi connectivity index (χ1v) is 4.90. The summed E-state index contributed by atoms with van der Waals surface area (Å²) in [4.78, 5) is 13.7. The average Bonchev–Trinajstić information content (AvgIpc) is 2.35. The molecule has 0 fully saturated rings. The molecule has 0 aliphatic rings. The van der Waals surface area contributed by atoms with Crippen LogP contribution in [0.1, 0.15) is 0 Å². The van der Waals surface area contributed by atoms with Gasteiger partial charge in [0, 0.05) is 0 Å². The van der Waals surface area contributed by atoms with Crippen molar-refractivity contribution in [2.75, 3.05) is 0 Å². The van der Waals surface area contributed by atoms with Crippen LogP contribution in [0.25, 0.3) is 0 Å². The Morgan fingerprint density at radius 3 is 2.35 bits per heavy atom. The van der Waals surface area contributed by atoms with Gasteiger partial charge >= 0.3 is 0 Å². The van der Waals surface area contributed by atoms with Crippen molar-refractivity contribution in [3.63, 3.8) is 0 Å². The smallest absolute Gasteiger partial charge is 0.240 e. The maximum absolute atomic E-state index is 13.4. The zero-order valence-electron chi connectivity index (χ0n) is 8.76. The van der Waals surface area contributed by atoms with E-state index in [1.54, 1.807) is 36.4 Å². The van der Waals surface area contributed by atoms with E-state index in [4.69, 9.17) is 4.74 Å². The molecule has 0 N–H and O–H groups in total. The second-order valence-electron chi connectivity index (χ2n) is 3.20. The van der Waals surface area contributed by atoms with Crippen molar-refractivity contribution in [3.8, 4) is 11.5 Å². The topological polar surface area (TPSA) is 38.7 Å². The van der Waals surface area contributed by atoms with Gasteiger partial charge < -0.3 is 4.74 Å². The Bertz CT molecular complexity index is 577. The van der Waals surface area contributed by atoms with Gasteiger partial charge in [0.1, 0.15) is 5.69 Å². The molecule has 0 aromatic heterocycles. The van der Waals surface area contributed by atoms with Crippen LogP contribution in [0.15, 0.2) is 53.5 Å². The lowest BCUT2D eigenvalue weighted by Crippen LogP contribution is -1.87. The maximum atomic E-state index is 13.4. The number of halogens is 1. The Morgan fingerprint density at radius 2 is 1.65 bits per heavy atom. The first kappa shape index (κ1) is 11.0. The van der Waals surface area contributed by atoms with Crippen LogP contribution in [0.2, 0.25) is 0 Å². The number of ether oxygens (including phenoxy) is 1. The van der Waals surface area contributed by atoms with E-state index in [1.807, 2.05) is 0 Å². The van der Waals surface area contributed by atoms with E-state index >= 15 is 0 Å². The molecule has 0 unspecified atom stereocenters. The number of isocyanates is 1. The molecule has 3 nitrogen and oxygen atoms in total. The van der Waals surface area contributed by atoms with Crippen molar-refractivity contribution in [1.29, 1.82) is 0 Å². The van der Waals surface area contributed by atoms with Crippen LogP contribution in [-0.2, 0) is 4.79 Å². The first-order chi connectivity index (χ1) is 8.31. The van der Waals surface area contributed by atoms with E-state index < -0.39 is 5.82 Å². The van der Waals surface area contributed by atoms with Crippen molar-refractivity contribution in [3.05, 3.63) is 54.3 Å². The molecule has 2 rings (SSSR count). The number of hydrogen-bond acceptors (Lipinski definition) is 3. The molecule has 17 heavy (non-hydrogen) atoms. The molecule has 0 heterocycles. The standard InChI is InChI=1S/C13H8FNO2/c14-10-5-1-3-7-12(10)17-13-8-4-2-6-11(13)15-9-16/h1-8H. The van der Waals surface area contributed by atoms with Crippen molar-refractivity contribution in [1.82, 2.24) is 0 Å². The van der Waals surface area contributed by atoms with Crippen molar-refractivity contribution in [2.24, 2.45) is 4.99 Å². The largest absolute Gasteiger partial charge is 0.452 e. The lowest BCUT2D eigenvalue weighted by Gasteiger charge is -2.07. The number of benzene rings is 2. The van der Waals surface area contributed by atoms with E-state index in [0.29, 0.717) is 11.4 Å². The van der Waals surface area contributed by atoms with Gasteiger partial charge in [-0.3, -0.25) is 0 Å². The van der Waals surface area contributed by atoms with Crippen LogP contribution in [0.3, 0.4) is 0 Å². The molecule has 0 bridgehead atoms. The summed E-state index contributed by atoms with van der Waals surface area (Å²) in [6.07, 6.45) is 1.43. The van der Waals surface area contributed by atoms with E-state index in [2.05, 4.69) is 4.99 Å². The predicted molar refractivity (Wildman–Crippen MR) is 60.7 cm³/mol. The number of nitrogens with zero attached hydrogens (tertiary/aromatic N) is 1. The highest BCUT2D eigenvalue weighted by Gasteiger charge is 2.06. The van der Waals surface area contributed by atoms with Crippen molar-refractivity contribution in [2.45, 2.75) is 0 Å². The molecule has 0 aliphatic heterocycles. The number of carbonyl (C=O) groups excluding carboxylic acids is 1. The van der Waals surface area contributed by atoms with Gasteiger partial charge in [-0.05, 0) is 24.3 Å². The van der Waals surface area contributed by atoms with E-state index in [-0.39, 0.29) is 5.75 Å². The van der Waals surface area contributed by atoms with Gasteiger partial charge in [0.05, 0.1) is 0 Å². The SMILES string of the molecule is O=C=Nc1ccccc1Oc1ccccc1F. The highest BCUT2D eigenvalue weighted by Crippen LogP contribution is 2.32. The minimum Gasteiger partial charge on any atom is -0.452 e. The van der Waals surface area contributed by atoms with Gasteiger partial charge in [0.2, 0.25) is 6.08 Å². The van der Waals surface area contributed by atoms with E-state index in [0.717, 1.165) is 0 Å². The molecule has 2 aromatic rings. The molecule has 84 valence electrons. The number of hydrogen-bond donors (Lipinski definition) is 0. The molecular weight excluding hydrogens is 221 g/mol. The summed E-state index contributed by atoms with van der Waals surface area (Å²) in [6, 6.07) is 12.6. The van der Waals surface area contributed by atoms with E-state index in [1.165, 1.54) is 18.2 Å². The van der Waals surface area contributed by atoms with Crippen LogP contribution in [0.4, 0.5) is 10.1 Å². The van der Waals surface area contributed by atoms with Gasteiger partial charge in [-0.2, -0.15) is 4.99 Å². The zero-order valence-corrected chi connectivity index (χ0v) is 8.76. The minimum absolute atomic E-state index is 0.0843. The summed E-state index contributed by atoms with van der Waals surface area (Å²) < 4.78 is 18.7. The highest BCUT2D eigenvalue weighted by molar-refractivity contribution is 5.58. The Labute approximate surface area is 97.2 Å². The number of aliphatic imine (C=N–C) groups is 1. The number of rotatable bonds is 3. The van der Waals surface area contributed by atoms with Crippen molar-refractivity contribution < 1.29 is 13.9 Å². The van der Waals surface area contributed by atoms with Crippen LogP contribution < -0.4 is 4.74 Å². The predicted octanol–water partition coefficient (Wildman–Crippen LogP) is 3.59. The molecule has 0 spiro atoms. The Kier molecular flexibility index (Phi) is 3.28. The molecule has 0 amide bonds. The molecule has 0 saturated heterocycles. The zero-order chi connectivity index (χ0) is 12.1. The Balaban J connectivity index is 2.36. The van der Waals surface area contributed by atoms with Gasteiger partial charge in [0.15, 0.2) is 17.3 Å². The second-order valence-corrected chi connectivity index (χ2v) is 3.20. The molecule has 4 heteroatoms. The van der Waals surface area contributed by atoms with Gasteiger partial charge in [0.25, 0.3) is 0 Å². The molecule has 0 atom stereocenters. The molecule has 0 saturated carbocycles. The normalized spacial score (nSPS) is 9.47. The third-order valence-electron chi connectivity index (χ3n) is 2.09. The summed E-state index contributed by atoms with van der Waals surface area (Å²) in [5.41, 5.74) is 0.311. The monoisotopic (exact) mass is 229 g/mol. The molecule has 0 radical (unpaired) electrons. The van der Waals surface area contributed by atoms with Gasteiger partial charge in [-0.25, -0.2) is 9.18 Å². The van der Waals surface area contributed by atoms with Crippen LogP contribution in [0.5, 0.6) is 11.5 Å². The molecule has 2 aromatic carbocycles. The average molecular weight is 229 g/mol. The minimum atomic E-state index is -0.475. The lowest BCUT2D eigenvalue weighted by atomic mass is 10.3. The molecular formula is C13H8FNO2. The second kappa shape index (κ2) is 5.05. The third-order valence-corrected chi connectivity index (χ3v) is 2.09. The summed E-state index contributed by atoms with van der Waals surface area (Å²) in [6.45, 7) is 0. The van der Waals surface area contributed by atoms with Crippen molar-refractivity contribution >= 4 is 11.8 Å². The fourth-order valence-corrected chi connectivity index (χ4v) is 1.33. The first-order valence-electron chi connectivity index (χ1n) is 4.90. The van der Waals surface area contributed by atoms with E-state index in [9.17, 15) is 9.18 Å². The van der Waals surface area contributed by atoms with Crippen LogP contribution >= 0.6 is 0 Å². The van der Waals surface area contributed by atoms with Gasteiger partial charge in [-0.15, -0.1) is 0 Å².